The summed E-state index contributed by atoms with van der Waals surface area (Å²) in [5.74, 6) is 0.576. The quantitative estimate of drug-likeness (QED) is 0.455. The lowest BCUT2D eigenvalue weighted by Gasteiger charge is -2.30. The first-order chi connectivity index (χ1) is 16.0. The molecule has 162 valence electrons. The molecule has 3 aromatic carbocycles. The number of fused-ring (bicyclic) bond motifs is 1. The summed E-state index contributed by atoms with van der Waals surface area (Å²) in [7, 11) is 0. The maximum absolute atomic E-state index is 12.9. The molecule has 1 aromatic heterocycles. The van der Waals surface area contributed by atoms with E-state index in [1.54, 1.807) is 21.7 Å². The molecular formula is C27H22N4O2. The Hall–Kier alpha value is -4.37. The number of aromatic nitrogens is 2. The summed E-state index contributed by atoms with van der Waals surface area (Å²) in [5, 5.41) is 13.9. The molecule has 0 unspecified atom stereocenters. The van der Waals surface area contributed by atoms with E-state index in [0.717, 1.165) is 33.9 Å². The van der Waals surface area contributed by atoms with Crippen molar-refractivity contribution in [3.05, 3.63) is 95.3 Å². The van der Waals surface area contributed by atoms with Crippen molar-refractivity contribution in [3.8, 4) is 28.6 Å². The smallest absolute Gasteiger partial charge is 0.265 e. The maximum atomic E-state index is 12.9. The molecule has 0 spiro atoms. The number of benzene rings is 3. The molecule has 1 amide bonds. The topological polar surface area (TPSA) is 71.2 Å². The number of carbonyl (C=O) groups is 1. The number of nitrogens with zero attached hydrogens (tertiary/aromatic N) is 4. The van der Waals surface area contributed by atoms with E-state index in [1.165, 1.54) is 5.56 Å². The number of carbonyl (C=O) groups excluding carboxylic acids is 1. The van der Waals surface area contributed by atoms with Gasteiger partial charge in [0.15, 0.2) is 6.61 Å². The number of aryl methyl sites for hydroxylation is 2. The van der Waals surface area contributed by atoms with E-state index < -0.39 is 0 Å². The molecule has 6 heteroatoms. The van der Waals surface area contributed by atoms with Crippen LogP contribution in [0.3, 0.4) is 0 Å². The van der Waals surface area contributed by atoms with Gasteiger partial charge in [0.2, 0.25) is 0 Å². The zero-order valence-corrected chi connectivity index (χ0v) is 18.4. The Morgan fingerprint density at radius 1 is 1.03 bits per heavy atom. The summed E-state index contributed by atoms with van der Waals surface area (Å²) in [5.41, 5.74) is 7.14. The van der Waals surface area contributed by atoms with Gasteiger partial charge in [-0.2, -0.15) is 10.4 Å². The normalized spacial score (nSPS) is 12.8. The number of rotatable bonds is 4. The minimum absolute atomic E-state index is 0.0126. The van der Waals surface area contributed by atoms with Crippen LogP contribution in [0.4, 0.5) is 5.69 Å². The zero-order chi connectivity index (χ0) is 22.9. The van der Waals surface area contributed by atoms with Gasteiger partial charge in [-0.3, -0.25) is 9.69 Å². The largest absolute Gasteiger partial charge is 0.482 e. The zero-order valence-electron chi connectivity index (χ0n) is 18.4. The van der Waals surface area contributed by atoms with Crippen LogP contribution in [0.1, 0.15) is 22.5 Å². The molecule has 0 saturated carbocycles. The highest BCUT2D eigenvalue weighted by molar-refractivity contribution is 5.98. The Morgan fingerprint density at radius 2 is 1.88 bits per heavy atom. The van der Waals surface area contributed by atoms with E-state index in [9.17, 15) is 10.1 Å². The first kappa shape index (κ1) is 20.5. The molecule has 6 nitrogen and oxygen atoms in total. The van der Waals surface area contributed by atoms with Crippen molar-refractivity contribution >= 4 is 11.6 Å². The summed E-state index contributed by atoms with van der Waals surface area (Å²) in [6.07, 6.45) is 0. The first-order valence-corrected chi connectivity index (χ1v) is 10.7. The van der Waals surface area contributed by atoms with E-state index in [1.807, 2.05) is 55.5 Å². The SMILES string of the molecule is Cc1cc(CN2C(=O)COc3cc(-c4ccccc4C)ccc32)n(-c2cccc(C#N)c2)n1. The number of nitriles is 1. The highest BCUT2D eigenvalue weighted by Crippen LogP contribution is 2.37. The van der Waals surface area contributed by atoms with Gasteiger partial charge in [-0.05, 0) is 66.9 Å². The van der Waals surface area contributed by atoms with Crippen molar-refractivity contribution in [2.75, 3.05) is 11.5 Å². The van der Waals surface area contributed by atoms with Gasteiger partial charge in [-0.25, -0.2) is 4.68 Å². The Kier molecular flexibility index (Phi) is 5.15. The molecule has 1 aliphatic rings. The van der Waals surface area contributed by atoms with Crippen LogP contribution < -0.4 is 9.64 Å². The first-order valence-electron chi connectivity index (χ1n) is 10.7. The number of hydrogen-bond acceptors (Lipinski definition) is 4. The molecule has 0 radical (unpaired) electrons. The summed E-state index contributed by atoms with van der Waals surface area (Å²) in [4.78, 5) is 14.6. The van der Waals surface area contributed by atoms with E-state index in [2.05, 4.69) is 30.2 Å². The van der Waals surface area contributed by atoms with Crippen molar-refractivity contribution in [2.45, 2.75) is 20.4 Å². The minimum Gasteiger partial charge on any atom is -0.482 e. The number of amides is 1. The Balaban J connectivity index is 1.52. The summed E-state index contributed by atoms with van der Waals surface area (Å²) >= 11 is 0. The summed E-state index contributed by atoms with van der Waals surface area (Å²) in [6, 6.07) is 25.6. The highest BCUT2D eigenvalue weighted by atomic mass is 16.5. The van der Waals surface area contributed by atoms with Gasteiger partial charge in [0, 0.05) is 0 Å². The molecular weight excluding hydrogens is 412 g/mol. The summed E-state index contributed by atoms with van der Waals surface area (Å²) < 4.78 is 7.60. The second-order valence-corrected chi connectivity index (χ2v) is 8.12. The van der Waals surface area contributed by atoms with E-state index in [-0.39, 0.29) is 12.5 Å². The molecule has 33 heavy (non-hydrogen) atoms. The molecule has 0 saturated heterocycles. The molecule has 0 fully saturated rings. The van der Waals surface area contributed by atoms with Crippen LogP contribution in [0.15, 0.2) is 72.8 Å². The van der Waals surface area contributed by atoms with Gasteiger partial charge < -0.3 is 4.74 Å². The second kappa shape index (κ2) is 8.29. The lowest BCUT2D eigenvalue weighted by atomic mass is 9.99. The van der Waals surface area contributed by atoms with Crippen LogP contribution in [0, 0.1) is 25.2 Å². The molecule has 0 bridgehead atoms. The Bertz CT molecular complexity index is 1410. The Labute approximate surface area is 192 Å². The van der Waals surface area contributed by atoms with Gasteiger partial charge in [-0.15, -0.1) is 0 Å². The molecule has 0 N–H and O–H groups in total. The molecule has 0 aliphatic carbocycles. The highest BCUT2D eigenvalue weighted by Gasteiger charge is 2.27. The van der Waals surface area contributed by atoms with E-state index in [0.29, 0.717) is 17.9 Å². The standard InChI is InChI=1S/C27H22N4O2/c1-18-6-3-4-9-24(18)21-10-11-25-26(14-21)33-17-27(32)30(25)16-23-12-19(2)29-31(23)22-8-5-7-20(13-22)15-28/h3-14H,16-17H2,1-2H3. The lowest BCUT2D eigenvalue weighted by molar-refractivity contribution is -0.121. The fourth-order valence-corrected chi connectivity index (χ4v) is 4.20. The van der Waals surface area contributed by atoms with Crippen molar-refractivity contribution in [3.63, 3.8) is 0 Å². The van der Waals surface area contributed by atoms with Crippen molar-refractivity contribution < 1.29 is 9.53 Å². The predicted octanol–water partition coefficient (Wildman–Crippen LogP) is 4.95. The van der Waals surface area contributed by atoms with Crippen molar-refractivity contribution in [1.82, 2.24) is 9.78 Å². The average Bonchev–Trinajstić information content (AvgIpc) is 3.21. The third kappa shape index (κ3) is 3.85. The number of anilines is 1. The van der Waals surface area contributed by atoms with Crippen LogP contribution in [-0.4, -0.2) is 22.3 Å². The van der Waals surface area contributed by atoms with Crippen molar-refractivity contribution in [1.29, 1.82) is 5.26 Å². The fourth-order valence-electron chi connectivity index (χ4n) is 4.20. The Morgan fingerprint density at radius 3 is 2.70 bits per heavy atom. The molecule has 5 rings (SSSR count). The van der Waals surface area contributed by atoms with Gasteiger partial charge in [0.05, 0.1) is 40.9 Å². The molecule has 1 aliphatic heterocycles. The number of ether oxygens (including phenoxy) is 1. The molecule has 0 atom stereocenters. The lowest BCUT2D eigenvalue weighted by Crippen LogP contribution is -2.38. The second-order valence-electron chi connectivity index (χ2n) is 8.12. The van der Waals surface area contributed by atoms with Crippen LogP contribution in [-0.2, 0) is 11.3 Å². The monoisotopic (exact) mass is 434 g/mol. The van der Waals surface area contributed by atoms with Crippen LogP contribution in [0.5, 0.6) is 5.75 Å². The van der Waals surface area contributed by atoms with Gasteiger partial charge in [-0.1, -0.05) is 36.4 Å². The van der Waals surface area contributed by atoms with Crippen LogP contribution in [0.25, 0.3) is 16.8 Å². The maximum Gasteiger partial charge on any atom is 0.265 e. The van der Waals surface area contributed by atoms with Crippen LogP contribution >= 0.6 is 0 Å². The van der Waals surface area contributed by atoms with E-state index in [4.69, 9.17) is 4.74 Å². The van der Waals surface area contributed by atoms with Crippen molar-refractivity contribution in [2.24, 2.45) is 0 Å². The fraction of sp³-hybridized carbons (Fsp3) is 0.148. The molecule has 2 heterocycles. The van der Waals surface area contributed by atoms with Crippen LogP contribution in [0.2, 0.25) is 0 Å². The van der Waals surface area contributed by atoms with Gasteiger partial charge >= 0.3 is 0 Å². The van der Waals surface area contributed by atoms with E-state index >= 15 is 0 Å². The summed E-state index contributed by atoms with van der Waals surface area (Å²) in [6.45, 7) is 4.33. The third-order valence-corrected chi connectivity index (χ3v) is 5.80. The predicted molar refractivity (Wildman–Crippen MR) is 126 cm³/mol. The minimum atomic E-state index is -0.109. The average molecular weight is 434 g/mol. The van der Waals surface area contributed by atoms with Gasteiger partial charge in [0.25, 0.3) is 5.91 Å². The number of hydrogen-bond donors (Lipinski definition) is 0. The molecule has 4 aromatic rings. The third-order valence-electron chi connectivity index (χ3n) is 5.80. The van der Waals surface area contributed by atoms with Gasteiger partial charge in [0.1, 0.15) is 5.75 Å².